The van der Waals surface area contributed by atoms with Gasteiger partial charge in [-0.1, -0.05) is 0 Å². The summed E-state index contributed by atoms with van der Waals surface area (Å²) < 4.78 is 5.04. The van der Waals surface area contributed by atoms with E-state index in [0.717, 1.165) is 0 Å². The van der Waals surface area contributed by atoms with Gasteiger partial charge in [0.15, 0.2) is 6.04 Å². The van der Waals surface area contributed by atoms with E-state index in [1.165, 1.54) is 17.2 Å². The fourth-order valence-electron chi connectivity index (χ4n) is 2.28. The van der Waals surface area contributed by atoms with E-state index >= 15 is 0 Å². The van der Waals surface area contributed by atoms with Crippen molar-refractivity contribution in [3.63, 3.8) is 0 Å². The molecule has 1 unspecified atom stereocenters. The van der Waals surface area contributed by atoms with Crippen molar-refractivity contribution >= 4 is 23.2 Å². The van der Waals surface area contributed by atoms with Gasteiger partial charge in [0.25, 0.3) is 0 Å². The number of anilines is 1. The monoisotopic (exact) mass is 305 g/mol. The lowest BCUT2D eigenvalue weighted by molar-refractivity contribution is -0.146. The Hall–Kier alpha value is -2.30. The summed E-state index contributed by atoms with van der Waals surface area (Å²) in [4.78, 5) is 29.5. The summed E-state index contributed by atoms with van der Waals surface area (Å²) in [7, 11) is 0. The van der Waals surface area contributed by atoms with Gasteiger partial charge < -0.3 is 9.84 Å². The Labute approximate surface area is 128 Å². The molecule has 1 heterocycles. The maximum absolute atomic E-state index is 12.3. The van der Waals surface area contributed by atoms with Gasteiger partial charge in [0, 0.05) is 5.56 Å². The zero-order valence-corrected chi connectivity index (χ0v) is 13.0. The molecule has 6 nitrogen and oxygen atoms in total. The largest absolute Gasteiger partial charge is 0.508 e. The minimum Gasteiger partial charge on any atom is -0.508 e. The molecule has 2 rings (SSSR count). The van der Waals surface area contributed by atoms with E-state index in [9.17, 15) is 14.7 Å². The maximum atomic E-state index is 12.3. The van der Waals surface area contributed by atoms with Gasteiger partial charge in [-0.15, -0.1) is 0 Å². The van der Waals surface area contributed by atoms with Gasteiger partial charge in [0.05, 0.1) is 23.5 Å². The second-order valence-electron chi connectivity index (χ2n) is 5.90. The topological polar surface area (TPSA) is 76.1 Å². The molecule has 1 aliphatic rings. The number of hydrogen-bond donors (Lipinski definition) is 1. The second kappa shape index (κ2) is 5.83. The fraction of sp³-hybridized carbons (Fsp3) is 0.438. The molecule has 1 aromatic carbocycles. The lowest BCUT2D eigenvalue weighted by atomic mass is 10.0. The van der Waals surface area contributed by atoms with E-state index in [1.807, 2.05) is 20.8 Å². The molecule has 6 heteroatoms. The molecule has 0 aliphatic carbocycles. The summed E-state index contributed by atoms with van der Waals surface area (Å²) >= 11 is 0. The van der Waals surface area contributed by atoms with Crippen LogP contribution in [-0.4, -0.2) is 35.3 Å². The van der Waals surface area contributed by atoms with Crippen LogP contribution in [0.15, 0.2) is 18.2 Å². The van der Waals surface area contributed by atoms with Crippen LogP contribution in [0.1, 0.15) is 33.3 Å². The number of rotatable bonds is 3. The lowest BCUT2D eigenvalue weighted by Crippen LogP contribution is -2.43. The Kier molecular flexibility index (Phi) is 4.26. The predicted molar refractivity (Wildman–Crippen MR) is 80.9 cm³/mol. The van der Waals surface area contributed by atoms with Gasteiger partial charge in [-0.3, -0.25) is 4.84 Å². The number of benzene rings is 1. The van der Waals surface area contributed by atoms with Crippen LogP contribution in [0, 0.1) is 0 Å². The van der Waals surface area contributed by atoms with E-state index < -0.39 is 17.6 Å². The van der Waals surface area contributed by atoms with Crippen LogP contribution in [0.5, 0.6) is 5.75 Å². The van der Waals surface area contributed by atoms with Gasteiger partial charge >= 0.3 is 5.97 Å². The third kappa shape index (κ3) is 2.98. The van der Waals surface area contributed by atoms with Crippen LogP contribution in [0.4, 0.5) is 5.69 Å². The molecule has 0 aromatic heterocycles. The minimum absolute atomic E-state index is 0.00767. The molecular weight excluding hydrogens is 286 g/mol. The lowest BCUT2D eigenvalue weighted by Gasteiger charge is -2.31. The number of hydrogen-bond acceptors (Lipinski definition) is 6. The van der Waals surface area contributed by atoms with Crippen LogP contribution >= 0.6 is 0 Å². The fourth-order valence-corrected chi connectivity index (χ4v) is 2.28. The number of carbonyl (C=O) groups is 1. The van der Waals surface area contributed by atoms with Gasteiger partial charge in [0.1, 0.15) is 11.7 Å². The SMILES string of the molecule is CCOC(=O)C1C(=C=O)c2cc(O)ccc2N1OC(C)(C)C. The second-order valence-corrected chi connectivity index (χ2v) is 5.90. The molecule has 0 fully saturated rings. The summed E-state index contributed by atoms with van der Waals surface area (Å²) in [6, 6.07) is 3.43. The molecular formula is C16H19NO5. The zero-order chi connectivity index (χ0) is 16.5. The first-order chi connectivity index (χ1) is 10.3. The molecule has 1 N–H and O–H groups in total. The summed E-state index contributed by atoms with van der Waals surface area (Å²) in [5, 5.41) is 11.0. The molecule has 1 aliphatic heterocycles. The van der Waals surface area contributed by atoms with E-state index in [0.29, 0.717) is 11.3 Å². The Balaban J connectivity index is 2.55. The molecule has 0 amide bonds. The smallest absolute Gasteiger partial charge is 0.336 e. The summed E-state index contributed by atoms with van der Waals surface area (Å²) in [6.45, 7) is 7.37. The number of hydroxylamine groups is 1. The van der Waals surface area contributed by atoms with Crippen molar-refractivity contribution in [1.29, 1.82) is 0 Å². The highest BCUT2D eigenvalue weighted by atomic mass is 16.7. The van der Waals surface area contributed by atoms with Crippen LogP contribution in [0.2, 0.25) is 0 Å². The summed E-state index contributed by atoms with van der Waals surface area (Å²) in [6.07, 6.45) is 0. The van der Waals surface area contributed by atoms with Crippen molar-refractivity contribution in [2.75, 3.05) is 11.7 Å². The molecule has 0 saturated carbocycles. The van der Waals surface area contributed by atoms with Crippen LogP contribution in [0.25, 0.3) is 5.57 Å². The summed E-state index contributed by atoms with van der Waals surface area (Å²) in [5.41, 5.74) is 0.438. The number of phenolic OH excluding ortho intramolecular Hbond substituents is 1. The van der Waals surface area contributed by atoms with Crippen LogP contribution in [0.3, 0.4) is 0 Å². The van der Waals surface area contributed by atoms with Gasteiger partial charge in [-0.25, -0.2) is 14.7 Å². The average Bonchev–Trinajstić information content (AvgIpc) is 2.70. The van der Waals surface area contributed by atoms with Crippen molar-refractivity contribution in [3.8, 4) is 5.75 Å². The van der Waals surface area contributed by atoms with Gasteiger partial charge in [-0.05, 0) is 45.9 Å². The molecule has 0 spiro atoms. The summed E-state index contributed by atoms with van der Waals surface area (Å²) in [5.74, 6) is 1.18. The zero-order valence-electron chi connectivity index (χ0n) is 13.0. The van der Waals surface area contributed by atoms with Crippen molar-refractivity contribution in [2.45, 2.75) is 39.3 Å². The highest BCUT2D eigenvalue weighted by Gasteiger charge is 2.43. The van der Waals surface area contributed by atoms with Gasteiger partial charge in [-0.2, -0.15) is 0 Å². The standard InChI is InChI=1S/C16H19NO5/c1-5-21-15(20)14-12(9-18)11-8-10(19)6-7-13(11)17(14)22-16(2,3)4/h6-8,14,19H,5H2,1-4H3. The Bertz CT molecular complexity index is 640. The average molecular weight is 305 g/mol. The molecule has 0 saturated heterocycles. The first-order valence-electron chi connectivity index (χ1n) is 7.02. The number of fused-ring (bicyclic) bond motifs is 1. The Morgan fingerprint density at radius 3 is 2.64 bits per heavy atom. The number of ether oxygens (including phenoxy) is 1. The molecule has 118 valence electrons. The first kappa shape index (κ1) is 16.1. The number of carbonyl (C=O) groups excluding carboxylic acids is 2. The maximum Gasteiger partial charge on any atom is 0.336 e. The van der Waals surface area contributed by atoms with Crippen molar-refractivity contribution < 1.29 is 24.3 Å². The van der Waals surface area contributed by atoms with E-state index in [4.69, 9.17) is 9.57 Å². The molecule has 22 heavy (non-hydrogen) atoms. The first-order valence-corrected chi connectivity index (χ1v) is 7.02. The van der Waals surface area contributed by atoms with Crippen LogP contribution < -0.4 is 5.06 Å². The highest BCUT2D eigenvalue weighted by molar-refractivity contribution is 6.10. The van der Waals surface area contributed by atoms with E-state index in [2.05, 4.69) is 0 Å². The van der Waals surface area contributed by atoms with Crippen LogP contribution in [-0.2, 0) is 19.2 Å². The normalized spacial score (nSPS) is 17.2. The number of aromatic hydroxyl groups is 1. The Morgan fingerprint density at radius 2 is 2.09 bits per heavy atom. The predicted octanol–water partition coefficient (Wildman–Crippen LogP) is 2.09. The van der Waals surface area contributed by atoms with Crippen molar-refractivity contribution in [1.82, 2.24) is 0 Å². The third-order valence-electron chi connectivity index (χ3n) is 3.01. The molecule has 0 bridgehead atoms. The molecule has 1 atom stereocenters. The molecule has 0 radical (unpaired) electrons. The molecule has 1 aromatic rings. The number of phenols is 1. The number of nitrogens with zero attached hydrogens (tertiary/aromatic N) is 1. The minimum atomic E-state index is -1.03. The third-order valence-corrected chi connectivity index (χ3v) is 3.01. The highest BCUT2D eigenvalue weighted by Crippen LogP contribution is 2.42. The Morgan fingerprint density at radius 1 is 1.41 bits per heavy atom. The van der Waals surface area contributed by atoms with E-state index in [1.54, 1.807) is 18.9 Å². The van der Waals surface area contributed by atoms with Crippen molar-refractivity contribution in [3.05, 3.63) is 23.8 Å². The van der Waals surface area contributed by atoms with Gasteiger partial charge in [0.2, 0.25) is 0 Å². The van der Waals surface area contributed by atoms with Crippen molar-refractivity contribution in [2.24, 2.45) is 0 Å². The number of esters is 1. The van der Waals surface area contributed by atoms with E-state index in [-0.39, 0.29) is 17.9 Å². The quantitative estimate of drug-likeness (QED) is 0.680.